The maximum Gasteiger partial charge on any atom is 0.254 e. The van der Waals surface area contributed by atoms with Crippen molar-refractivity contribution < 1.29 is 14.0 Å². The van der Waals surface area contributed by atoms with Crippen molar-refractivity contribution in [1.82, 2.24) is 19.9 Å². The molecule has 0 saturated heterocycles. The van der Waals surface area contributed by atoms with Crippen LogP contribution in [0, 0.1) is 11.7 Å². The molecule has 0 bridgehead atoms. The fraction of sp³-hybridized carbons (Fsp3) is 0.300. The third kappa shape index (κ3) is 3.28. The number of primary amides is 1. The zero-order valence-corrected chi connectivity index (χ0v) is 16.1. The van der Waals surface area contributed by atoms with Crippen molar-refractivity contribution in [2.45, 2.75) is 32.9 Å². The molecule has 29 heavy (non-hydrogen) atoms. The number of aromatic nitrogens is 3. The largest absolute Gasteiger partial charge is 0.368 e. The van der Waals surface area contributed by atoms with E-state index in [2.05, 4.69) is 20.7 Å². The Labute approximate surface area is 166 Å². The molecule has 1 atom stereocenters. The lowest BCUT2D eigenvalue weighted by molar-refractivity contribution is -0.119. The van der Waals surface area contributed by atoms with Crippen molar-refractivity contribution in [2.24, 2.45) is 11.7 Å². The SMILES string of the molecule is CC(C)C[C@@H](Nc1nc(-c2cnn3ccccc23)c2c(c1F)CNC2=O)C(N)=O. The third-order valence-electron chi connectivity index (χ3n) is 4.93. The van der Waals surface area contributed by atoms with E-state index in [9.17, 15) is 9.59 Å². The highest BCUT2D eigenvalue weighted by Gasteiger charge is 2.32. The molecule has 1 aliphatic heterocycles. The Hall–Kier alpha value is -3.49. The summed E-state index contributed by atoms with van der Waals surface area (Å²) in [7, 11) is 0. The summed E-state index contributed by atoms with van der Waals surface area (Å²) in [5, 5.41) is 9.78. The molecule has 0 spiro atoms. The van der Waals surface area contributed by atoms with Gasteiger partial charge in [0, 0.05) is 23.9 Å². The van der Waals surface area contributed by atoms with Crippen molar-refractivity contribution in [2.75, 3.05) is 5.32 Å². The van der Waals surface area contributed by atoms with Gasteiger partial charge >= 0.3 is 0 Å². The summed E-state index contributed by atoms with van der Waals surface area (Å²) in [6.45, 7) is 3.93. The van der Waals surface area contributed by atoms with Gasteiger partial charge in [-0.2, -0.15) is 5.10 Å². The number of carbonyl (C=O) groups excluding carboxylic acids is 2. The number of hydrogen-bond acceptors (Lipinski definition) is 5. The quantitative estimate of drug-likeness (QED) is 0.590. The van der Waals surface area contributed by atoms with Crippen molar-refractivity contribution in [3.63, 3.8) is 0 Å². The molecule has 0 saturated carbocycles. The number of anilines is 1. The minimum atomic E-state index is -0.781. The summed E-state index contributed by atoms with van der Waals surface area (Å²) in [5.74, 6) is -1.58. The first-order valence-electron chi connectivity index (χ1n) is 9.36. The van der Waals surface area contributed by atoms with E-state index in [0.29, 0.717) is 17.7 Å². The smallest absolute Gasteiger partial charge is 0.254 e. The molecule has 0 fully saturated rings. The van der Waals surface area contributed by atoms with Crippen LogP contribution in [0.4, 0.5) is 10.2 Å². The van der Waals surface area contributed by atoms with E-state index in [1.54, 1.807) is 16.9 Å². The molecule has 3 aromatic heterocycles. The second-order valence-electron chi connectivity index (χ2n) is 7.48. The number of hydrogen-bond donors (Lipinski definition) is 3. The highest BCUT2D eigenvalue weighted by molar-refractivity contribution is 6.05. The number of halogens is 1. The van der Waals surface area contributed by atoms with Gasteiger partial charge in [-0.3, -0.25) is 9.59 Å². The number of nitrogens with two attached hydrogens (primary N) is 1. The van der Waals surface area contributed by atoms with Crippen LogP contribution < -0.4 is 16.4 Å². The zero-order chi connectivity index (χ0) is 20.7. The number of pyridine rings is 2. The molecule has 4 heterocycles. The second-order valence-corrected chi connectivity index (χ2v) is 7.48. The lowest BCUT2D eigenvalue weighted by Gasteiger charge is -2.20. The summed E-state index contributed by atoms with van der Waals surface area (Å²) in [5.41, 5.74) is 7.53. The maximum atomic E-state index is 15.2. The van der Waals surface area contributed by atoms with E-state index >= 15 is 4.39 Å². The van der Waals surface area contributed by atoms with E-state index < -0.39 is 23.7 Å². The molecular weight excluding hydrogens is 375 g/mol. The van der Waals surface area contributed by atoms with Gasteiger partial charge in [-0.15, -0.1) is 0 Å². The van der Waals surface area contributed by atoms with Gasteiger partial charge in [0.1, 0.15) is 6.04 Å². The normalized spacial score (nSPS) is 14.1. The van der Waals surface area contributed by atoms with Crippen molar-refractivity contribution in [3.05, 3.63) is 47.5 Å². The zero-order valence-electron chi connectivity index (χ0n) is 16.1. The third-order valence-corrected chi connectivity index (χ3v) is 4.93. The van der Waals surface area contributed by atoms with Crippen LogP contribution in [0.15, 0.2) is 30.6 Å². The van der Waals surface area contributed by atoms with E-state index in [1.165, 1.54) is 0 Å². The fourth-order valence-corrected chi connectivity index (χ4v) is 3.57. The highest BCUT2D eigenvalue weighted by atomic mass is 19.1. The minimum absolute atomic E-state index is 0.0504. The molecule has 150 valence electrons. The van der Waals surface area contributed by atoms with Crippen LogP contribution in [0.2, 0.25) is 0 Å². The van der Waals surface area contributed by atoms with Crippen LogP contribution in [0.25, 0.3) is 16.8 Å². The van der Waals surface area contributed by atoms with Crippen molar-refractivity contribution in [3.8, 4) is 11.3 Å². The molecule has 3 aromatic rings. The van der Waals surface area contributed by atoms with Gasteiger partial charge in [-0.1, -0.05) is 19.9 Å². The highest BCUT2D eigenvalue weighted by Crippen LogP contribution is 2.34. The van der Waals surface area contributed by atoms with E-state index in [1.807, 2.05) is 32.0 Å². The number of rotatable bonds is 6. The second kappa shape index (κ2) is 7.16. The van der Waals surface area contributed by atoms with Crippen LogP contribution >= 0.6 is 0 Å². The van der Waals surface area contributed by atoms with E-state index in [4.69, 9.17) is 5.73 Å². The molecule has 0 aliphatic carbocycles. The summed E-state index contributed by atoms with van der Waals surface area (Å²) < 4.78 is 16.8. The molecule has 1 aliphatic rings. The predicted molar refractivity (Wildman–Crippen MR) is 106 cm³/mol. The molecule has 8 nitrogen and oxygen atoms in total. The van der Waals surface area contributed by atoms with Gasteiger partial charge in [-0.25, -0.2) is 13.9 Å². The van der Waals surface area contributed by atoms with Gasteiger partial charge in [-0.05, 0) is 24.5 Å². The Morgan fingerprint density at radius 3 is 2.93 bits per heavy atom. The molecule has 0 radical (unpaired) electrons. The van der Waals surface area contributed by atoms with E-state index in [0.717, 1.165) is 5.52 Å². The molecular formula is C20H21FN6O2. The van der Waals surface area contributed by atoms with E-state index in [-0.39, 0.29) is 29.4 Å². The van der Waals surface area contributed by atoms with Gasteiger partial charge in [0.15, 0.2) is 11.6 Å². The Morgan fingerprint density at radius 1 is 1.41 bits per heavy atom. The number of carbonyl (C=O) groups is 2. The van der Waals surface area contributed by atoms with Gasteiger partial charge in [0.25, 0.3) is 5.91 Å². The summed E-state index contributed by atoms with van der Waals surface area (Å²) in [6, 6.07) is 4.73. The van der Waals surface area contributed by atoms with Crippen molar-refractivity contribution >= 4 is 23.1 Å². The topological polar surface area (TPSA) is 114 Å². The van der Waals surface area contributed by atoms with Crippen LogP contribution in [0.3, 0.4) is 0 Å². The molecule has 0 aromatic carbocycles. The minimum Gasteiger partial charge on any atom is -0.368 e. The number of amides is 2. The molecule has 0 unspecified atom stereocenters. The Kier molecular flexibility index (Phi) is 4.65. The standard InChI is InChI=1S/C20H21FN6O2/c1-10(2)7-13(18(22)28)25-19-16(21)12-8-23-20(29)15(12)17(26-19)11-9-24-27-6-4-3-5-14(11)27/h3-6,9-10,13H,7-8H2,1-2H3,(H2,22,28)(H,23,29)(H,25,26)/t13-/m1/s1. The lowest BCUT2D eigenvalue weighted by Crippen LogP contribution is -2.37. The lowest BCUT2D eigenvalue weighted by atomic mass is 10.0. The number of nitrogens with zero attached hydrogens (tertiary/aromatic N) is 3. The number of nitrogens with one attached hydrogen (secondary N) is 2. The van der Waals surface area contributed by atoms with Crippen LogP contribution in [-0.2, 0) is 11.3 Å². The molecule has 4 rings (SSSR count). The van der Waals surface area contributed by atoms with Gasteiger partial charge < -0.3 is 16.4 Å². The van der Waals surface area contributed by atoms with Crippen LogP contribution in [0.1, 0.15) is 36.2 Å². The fourth-order valence-electron chi connectivity index (χ4n) is 3.57. The Morgan fingerprint density at radius 2 is 2.21 bits per heavy atom. The average molecular weight is 396 g/mol. The predicted octanol–water partition coefficient (Wildman–Crippen LogP) is 2.09. The van der Waals surface area contributed by atoms with Gasteiger partial charge in [0.05, 0.1) is 23.0 Å². The first kappa shape index (κ1) is 18.9. The van der Waals surface area contributed by atoms with Gasteiger partial charge in [0.2, 0.25) is 5.91 Å². The first-order valence-corrected chi connectivity index (χ1v) is 9.36. The monoisotopic (exact) mass is 396 g/mol. The average Bonchev–Trinajstić information content (AvgIpc) is 3.27. The van der Waals surface area contributed by atoms with Crippen LogP contribution in [0.5, 0.6) is 0 Å². The Bertz CT molecular complexity index is 1120. The molecule has 4 N–H and O–H groups in total. The van der Waals surface area contributed by atoms with Crippen LogP contribution in [-0.4, -0.2) is 32.5 Å². The Balaban J connectivity index is 1.88. The molecule has 9 heteroatoms. The van der Waals surface area contributed by atoms with Crippen molar-refractivity contribution in [1.29, 1.82) is 0 Å². The maximum absolute atomic E-state index is 15.2. The summed E-state index contributed by atoms with van der Waals surface area (Å²) >= 11 is 0. The molecule has 2 amide bonds. The summed E-state index contributed by atoms with van der Waals surface area (Å²) in [6.07, 6.45) is 3.79. The number of fused-ring (bicyclic) bond motifs is 2. The summed E-state index contributed by atoms with van der Waals surface area (Å²) in [4.78, 5) is 28.7. The first-order chi connectivity index (χ1) is 13.9.